The molecule has 104 valence electrons. The van der Waals surface area contributed by atoms with Gasteiger partial charge >= 0.3 is 0 Å². The van der Waals surface area contributed by atoms with Crippen LogP contribution >= 0.6 is 0 Å². The number of rotatable bonds is 6. The second-order valence-corrected chi connectivity index (χ2v) is 4.80. The second-order valence-electron chi connectivity index (χ2n) is 4.80. The first-order valence-corrected chi connectivity index (χ1v) is 6.55. The van der Waals surface area contributed by atoms with Crippen molar-refractivity contribution in [1.29, 1.82) is 5.26 Å². The van der Waals surface area contributed by atoms with Crippen LogP contribution in [0.1, 0.15) is 27.7 Å². The lowest BCUT2D eigenvalue weighted by molar-refractivity contribution is 0.234. The Balaban J connectivity index is 2.95. The van der Waals surface area contributed by atoms with Gasteiger partial charge in [0.25, 0.3) is 0 Å². The minimum absolute atomic E-state index is 0.0261. The lowest BCUT2D eigenvalue weighted by atomic mass is 10.2. The summed E-state index contributed by atoms with van der Waals surface area (Å²) in [5.41, 5.74) is 6.38. The van der Waals surface area contributed by atoms with Crippen molar-refractivity contribution in [1.82, 2.24) is 4.98 Å². The van der Waals surface area contributed by atoms with Gasteiger partial charge in [0.05, 0.1) is 23.8 Å². The van der Waals surface area contributed by atoms with Gasteiger partial charge in [0.1, 0.15) is 5.82 Å². The Labute approximate surface area is 115 Å². The smallest absolute Gasteiger partial charge is 0.239 e. The highest BCUT2D eigenvalue weighted by Gasteiger charge is 2.13. The SMILES string of the molecule is CCN(CC(C)C#N)c1ccc(N)c(OC(C)C)n1. The van der Waals surface area contributed by atoms with Crippen molar-refractivity contribution in [3.63, 3.8) is 0 Å². The maximum absolute atomic E-state index is 8.90. The maximum atomic E-state index is 8.90. The van der Waals surface area contributed by atoms with Crippen molar-refractivity contribution in [2.75, 3.05) is 23.7 Å². The number of nitrogen functional groups attached to an aromatic ring is 1. The Bertz CT molecular complexity index is 453. The first-order chi connectivity index (χ1) is 8.97. The number of nitrogens with zero attached hydrogens (tertiary/aromatic N) is 3. The molecule has 1 heterocycles. The molecule has 0 saturated heterocycles. The van der Waals surface area contributed by atoms with Crippen molar-refractivity contribution in [2.45, 2.75) is 33.8 Å². The molecule has 5 heteroatoms. The van der Waals surface area contributed by atoms with Crippen molar-refractivity contribution in [3.8, 4) is 11.9 Å². The molecule has 0 aliphatic carbocycles. The van der Waals surface area contributed by atoms with E-state index in [2.05, 4.69) is 11.1 Å². The van der Waals surface area contributed by atoms with Gasteiger partial charge in [0.2, 0.25) is 5.88 Å². The summed E-state index contributed by atoms with van der Waals surface area (Å²) in [5, 5.41) is 8.90. The van der Waals surface area contributed by atoms with Gasteiger partial charge < -0.3 is 15.4 Å². The largest absolute Gasteiger partial charge is 0.473 e. The molecule has 0 aliphatic rings. The zero-order valence-electron chi connectivity index (χ0n) is 12.1. The number of ether oxygens (including phenoxy) is 1. The highest BCUT2D eigenvalue weighted by molar-refractivity contribution is 5.54. The number of nitriles is 1. The Morgan fingerprint density at radius 3 is 2.63 bits per heavy atom. The summed E-state index contributed by atoms with van der Waals surface area (Å²) in [5.74, 6) is 1.19. The van der Waals surface area contributed by atoms with E-state index < -0.39 is 0 Å². The first kappa shape index (κ1) is 15.1. The van der Waals surface area contributed by atoms with Crippen molar-refractivity contribution < 1.29 is 4.74 Å². The van der Waals surface area contributed by atoms with E-state index in [0.717, 1.165) is 12.4 Å². The number of pyridine rings is 1. The lowest BCUT2D eigenvalue weighted by Crippen LogP contribution is -2.28. The fraction of sp³-hybridized carbons (Fsp3) is 0.571. The molecule has 5 nitrogen and oxygen atoms in total. The van der Waals surface area contributed by atoms with E-state index in [-0.39, 0.29) is 12.0 Å². The summed E-state index contributed by atoms with van der Waals surface area (Å²) < 4.78 is 5.58. The van der Waals surface area contributed by atoms with E-state index in [1.54, 1.807) is 6.07 Å². The van der Waals surface area contributed by atoms with Crippen LogP contribution in [0.3, 0.4) is 0 Å². The molecule has 0 aliphatic heterocycles. The topological polar surface area (TPSA) is 75.2 Å². The first-order valence-electron chi connectivity index (χ1n) is 6.55. The third kappa shape index (κ3) is 4.32. The number of aromatic nitrogens is 1. The van der Waals surface area contributed by atoms with Crippen molar-refractivity contribution in [3.05, 3.63) is 12.1 Å². The molecular weight excluding hydrogens is 240 g/mol. The lowest BCUT2D eigenvalue weighted by Gasteiger charge is -2.24. The molecule has 1 unspecified atom stereocenters. The standard InChI is InChI=1S/C14H22N4O/c1-5-18(9-11(4)8-15)13-7-6-12(16)14(17-13)19-10(2)3/h6-7,10-11H,5,9,16H2,1-4H3. The van der Waals surface area contributed by atoms with Crippen molar-refractivity contribution >= 4 is 11.5 Å². The van der Waals surface area contributed by atoms with Gasteiger partial charge in [-0.05, 0) is 39.8 Å². The molecule has 1 aromatic heterocycles. The molecule has 0 spiro atoms. The predicted molar refractivity (Wildman–Crippen MR) is 77.1 cm³/mol. The molecule has 0 bridgehead atoms. The van der Waals surface area contributed by atoms with Crippen LogP contribution in [-0.4, -0.2) is 24.2 Å². The average molecular weight is 262 g/mol. The van der Waals surface area contributed by atoms with Crippen LogP contribution in [0.15, 0.2) is 12.1 Å². The fourth-order valence-corrected chi connectivity index (χ4v) is 1.69. The quantitative estimate of drug-likeness (QED) is 0.852. The Morgan fingerprint density at radius 1 is 1.42 bits per heavy atom. The van der Waals surface area contributed by atoms with Gasteiger partial charge in [-0.3, -0.25) is 0 Å². The monoisotopic (exact) mass is 262 g/mol. The Morgan fingerprint density at radius 2 is 2.11 bits per heavy atom. The molecule has 0 amide bonds. The molecule has 0 radical (unpaired) electrons. The normalized spacial score (nSPS) is 12.0. The Kier molecular flexibility index (Phi) is 5.43. The fourth-order valence-electron chi connectivity index (χ4n) is 1.69. The zero-order valence-corrected chi connectivity index (χ0v) is 12.1. The number of nitrogens with two attached hydrogens (primary N) is 1. The van der Waals surface area contributed by atoms with Crippen LogP contribution in [0.4, 0.5) is 11.5 Å². The average Bonchev–Trinajstić information content (AvgIpc) is 2.37. The van der Waals surface area contributed by atoms with Crippen LogP contribution in [0.5, 0.6) is 5.88 Å². The van der Waals surface area contributed by atoms with Gasteiger partial charge in [-0.15, -0.1) is 0 Å². The van der Waals surface area contributed by atoms with E-state index in [0.29, 0.717) is 18.1 Å². The number of anilines is 2. The van der Waals surface area contributed by atoms with Crippen LogP contribution in [0.2, 0.25) is 0 Å². The summed E-state index contributed by atoms with van der Waals surface area (Å²) in [6.45, 7) is 9.22. The van der Waals surface area contributed by atoms with Crippen LogP contribution in [0, 0.1) is 17.2 Å². The van der Waals surface area contributed by atoms with E-state index in [4.69, 9.17) is 15.7 Å². The molecule has 1 rings (SSSR count). The Hall–Kier alpha value is -1.96. The third-order valence-corrected chi connectivity index (χ3v) is 2.64. The third-order valence-electron chi connectivity index (χ3n) is 2.64. The summed E-state index contributed by atoms with van der Waals surface area (Å²) >= 11 is 0. The summed E-state index contributed by atoms with van der Waals surface area (Å²) in [6.07, 6.45) is 0.0261. The maximum Gasteiger partial charge on any atom is 0.239 e. The molecule has 0 saturated carbocycles. The molecule has 0 fully saturated rings. The van der Waals surface area contributed by atoms with Gasteiger partial charge in [0, 0.05) is 13.1 Å². The summed E-state index contributed by atoms with van der Waals surface area (Å²) in [4.78, 5) is 6.48. The van der Waals surface area contributed by atoms with Gasteiger partial charge in [-0.1, -0.05) is 0 Å². The summed E-state index contributed by atoms with van der Waals surface area (Å²) in [6, 6.07) is 5.88. The van der Waals surface area contributed by atoms with Crippen molar-refractivity contribution in [2.24, 2.45) is 5.92 Å². The van der Waals surface area contributed by atoms with Gasteiger partial charge in [0.15, 0.2) is 0 Å². The second kappa shape index (κ2) is 6.83. The number of hydrogen-bond donors (Lipinski definition) is 1. The molecule has 2 N–H and O–H groups in total. The molecule has 1 atom stereocenters. The van der Waals surface area contributed by atoms with E-state index >= 15 is 0 Å². The minimum Gasteiger partial charge on any atom is -0.473 e. The highest BCUT2D eigenvalue weighted by Crippen LogP contribution is 2.24. The number of hydrogen-bond acceptors (Lipinski definition) is 5. The molecular formula is C14H22N4O. The minimum atomic E-state index is -0.0474. The van der Waals surface area contributed by atoms with Gasteiger partial charge in [-0.2, -0.15) is 10.2 Å². The predicted octanol–water partition coefficient (Wildman–Crippen LogP) is 2.44. The zero-order chi connectivity index (χ0) is 14.4. The van der Waals surface area contributed by atoms with Crippen LogP contribution < -0.4 is 15.4 Å². The highest BCUT2D eigenvalue weighted by atomic mass is 16.5. The van der Waals surface area contributed by atoms with E-state index in [1.165, 1.54) is 0 Å². The molecule has 1 aromatic rings. The molecule has 19 heavy (non-hydrogen) atoms. The summed E-state index contributed by atoms with van der Waals surface area (Å²) in [7, 11) is 0. The van der Waals surface area contributed by atoms with Crippen LogP contribution in [-0.2, 0) is 0 Å². The van der Waals surface area contributed by atoms with Gasteiger partial charge in [-0.25, -0.2) is 0 Å². The van der Waals surface area contributed by atoms with E-state index in [9.17, 15) is 0 Å². The van der Waals surface area contributed by atoms with Crippen LogP contribution in [0.25, 0.3) is 0 Å². The van der Waals surface area contributed by atoms with E-state index in [1.807, 2.05) is 38.7 Å². The molecule has 0 aromatic carbocycles.